The van der Waals surface area contributed by atoms with E-state index in [2.05, 4.69) is 10.1 Å². The van der Waals surface area contributed by atoms with E-state index in [1.807, 2.05) is 6.92 Å². The molecule has 7 nitrogen and oxygen atoms in total. The van der Waals surface area contributed by atoms with Crippen LogP contribution < -0.4 is 0 Å². The molecule has 17 heavy (non-hydrogen) atoms. The third kappa shape index (κ3) is 3.52. The van der Waals surface area contributed by atoms with Crippen molar-refractivity contribution in [2.45, 2.75) is 37.8 Å². The summed E-state index contributed by atoms with van der Waals surface area (Å²) in [6, 6.07) is 0. The van der Waals surface area contributed by atoms with Crippen LogP contribution in [0.25, 0.3) is 0 Å². The lowest BCUT2D eigenvalue weighted by Gasteiger charge is -2.10. The van der Waals surface area contributed by atoms with Crippen LogP contribution in [0.4, 0.5) is 0 Å². The standard InChI is InChI=1S/C9H15N3O4S/c1-3-12-8(10-6-11-12)5-17(15,16)7(2)4-9(13)14/h6-7H,3-5H2,1-2H3,(H,13,14). The predicted molar refractivity (Wildman–Crippen MR) is 60.0 cm³/mol. The summed E-state index contributed by atoms with van der Waals surface area (Å²) in [5.74, 6) is -1.07. The highest BCUT2D eigenvalue weighted by Crippen LogP contribution is 2.12. The molecule has 0 radical (unpaired) electrons. The minimum atomic E-state index is -3.52. The number of hydrogen-bond acceptors (Lipinski definition) is 5. The number of carboxylic acids is 1. The van der Waals surface area contributed by atoms with E-state index in [-0.39, 0.29) is 5.75 Å². The van der Waals surface area contributed by atoms with Crippen molar-refractivity contribution in [3.63, 3.8) is 0 Å². The third-order valence-electron chi connectivity index (χ3n) is 2.40. The monoisotopic (exact) mass is 261 g/mol. The lowest BCUT2D eigenvalue weighted by molar-refractivity contribution is -0.136. The minimum Gasteiger partial charge on any atom is -0.481 e. The number of aryl methyl sites for hydroxylation is 1. The highest BCUT2D eigenvalue weighted by Gasteiger charge is 2.25. The molecule has 1 unspecified atom stereocenters. The van der Waals surface area contributed by atoms with Crippen LogP contribution in [0.2, 0.25) is 0 Å². The summed E-state index contributed by atoms with van der Waals surface area (Å²) in [5.41, 5.74) is 0. The van der Waals surface area contributed by atoms with Crippen LogP contribution in [0.1, 0.15) is 26.1 Å². The fraction of sp³-hybridized carbons (Fsp3) is 0.667. The first-order valence-electron chi connectivity index (χ1n) is 5.17. The molecule has 0 aliphatic carbocycles. The molecule has 1 rings (SSSR count). The highest BCUT2D eigenvalue weighted by atomic mass is 32.2. The van der Waals surface area contributed by atoms with Crippen LogP contribution in [0.3, 0.4) is 0 Å². The minimum absolute atomic E-state index is 0.282. The van der Waals surface area contributed by atoms with Crippen molar-refractivity contribution in [1.29, 1.82) is 0 Å². The molecule has 0 bridgehead atoms. The van der Waals surface area contributed by atoms with Gasteiger partial charge in [-0.25, -0.2) is 18.1 Å². The van der Waals surface area contributed by atoms with Gasteiger partial charge in [0.05, 0.1) is 11.7 Å². The Kier molecular flexibility index (Phi) is 4.22. The van der Waals surface area contributed by atoms with Gasteiger partial charge in [-0.15, -0.1) is 0 Å². The summed E-state index contributed by atoms with van der Waals surface area (Å²) in [6.45, 7) is 3.74. The average Bonchev–Trinajstić information content (AvgIpc) is 2.63. The smallest absolute Gasteiger partial charge is 0.304 e. The summed E-state index contributed by atoms with van der Waals surface area (Å²) in [5, 5.41) is 11.5. The molecule has 0 saturated heterocycles. The highest BCUT2D eigenvalue weighted by molar-refractivity contribution is 7.91. The molecule has 1 heterocycles. The zero-order chi connectivity index (χ0) is 13.1. The zero-order valence-corrected chi connectivity index (χ0v) is 10.5. The van der Waals surface area contributed by atoms with Crippen molar-refractivity contribution in [3.05, 3.63) is 12.2 Å². The number of hydrogen-bond donors (Lipinski definition) is 1. The first-order chi connectivity index (χ1) is 7.86. The van der Waals surface area contributed by atoms with E-state index in [4.69, 9.17) is 5.11 Å². The Labute approximate surface area is 99.4 Å². The van der Waals surface area contributed by atoms with Crippen molar-refractivity contribution < 1.29 is 18.3 Å². The summed E-state index contributed by atoms with van der Waals surface area (Å²) in [6.07, 6.45) is 0.888. The molecule has 1 aromatic rings. The van der Waals surface area contributed by atoms with Crippen LogP contribution in [0.15, 0.2) is 6.33 Å². The van der Waals surface area contributed by atoms with Crippen LogP contribution in [-0.4, -0.2) is 39.5 Å². The molecule has 1 atom stereocenters. The maximum Gasteiger partial charge on any atom is 0.304 e. The summed E-state index contributed by atoms with van der Waals surface area (Å²) in [7, 11) is -3.52. The molecule has 0 fully saturated rings. The second-order valence-electron chi connectivity index (χ2n) is 3.71. The van der Waals surface area contributed by atoms with Gasteiger partial charge in [0.1, 0.15) is 17.9 Å². The maximum atomic E-state index is 11.9. The van der Waals surface area contributed by atoms with Crippen molar-refractivity contribution in [2.75, 3.05) is 0 Å². The van der Waals surface area contributed by atoms with E-state index in [0.717, 1.165) is 0 Å². The lowest BCUT2D eigenvalue weighted by Crippen LogP contribution is -2.24. The number of aromatic nitrogens is 3. The number of sulfone groups is 1. The van der Waals surface area contributed by atoms with Crippen LogP contribution in [0, 0.1) is 0 Å². The molecule has 96 valence electrons. The van der Waals surface area contributed by atoms with Gasteiger partial charge in [0.15, 0.2) is 9.84 Å². The molecule has 0 saturated carbocycles. The van der Waals surface area contributed by atoms with E-state index in [1.54, 1.807) is 0 Å². The Morgan fingerprint density at radius 3 is 2.76 bits per heavy atom. The second-order valence-corrected chi connectivity index (χ2v) is 6.13. The molecule has 0 amide bonds. The zero-order valence-electron chi connectivity index (χ0n) is 9.70. The Morgan fingerprint density at radius 1 is 1.59 bits per heavy atom. The molecule has 0 aliphatic heterocycles. The Bertz CT molecular complexity index is 494. The summed E-state index contributed by atoms with van der Waals surface area (Å²) in [4.78, 5) is 14.3. The predicted octanol–water partition coefficient (Wildman–Crippen LogP) is 0.0760. The number of carboxylic acid groups (broad SMARTS) is 1. The van der Waals surface area contributed by atoms with E-state index >= 15 is 0 Å². The maximum absolute atomic E-state index is 11.9. The van der Waals surface area contributed by atoms with Gasteiger partial charge in [-0.05, 0) is 13.8 Å². The molecule has 1 N–H and O–H groups in total. The Morgan fingerprint density at radius 2 is 2.24 bits per heavy atom. The molecule has 8 heteroatoms. The molecule has 0 aromatic carbocycles. The number of aliphatic carboxylic acids is 1. The van der Waals surface area contributed by atoms with E-state index < -0.39 is 27.5 Å². The van der Waals surface area contributed by atoms with Crippen molar-refractivity contribution >= 4 is 15.8 Å². The first-order valence-corrected chi connectivity index (χ1v) is 6.88. The molecular formula is C9H15N3O4S. The van der Waals surface area contributed by atoms with Crippen molar-refractivity contribution in [2.24, 2.45) is 0 Å². The third-order valence-corrected chi connectivity index (χ3v) is 4.45. The fourth-order valence-corrected chi connectivity index (χ4v) is 2.62. The van der Waals surface area contributed by atoms with Gasteiger partial charge in [0.2, 0.25) is 0 Å². The van der Waals surface area contributed by atoms with E-state index in [9.17, 15) is 13.2 Å². The number of rotatable bonds is 6. The average molecular weight is 261 g/mol. The molecule has 1 aromatic heterocycles. The van der Waals surface area contributed by atoms with E-state index in [0.29, 0.717) is 12.4 Å². The van der Waals surface area contributed by atoms with Crippen molar-refractivity contribution in [1.82, 2.24) is 14.8 Å². The number of nitrogens with zero attached hydrogens (tertiary/aromatic N) is 3. The first kappa shape index (κ1) is 13.6. The second kappa shape index (κ2) is 5.26. The lowest BCUT2D eigenvalue weighted by atomic mass is 10.3. The van der Waals surface area contributed by atoms with Gasteiger partial charge in [-0.2, -0.15) is 5.10 Å². The summed E-state index contributed by atoms with van der Waals surface area (Å²) >= 11 is 0. The normalized spacial score (nSPS) is 13.5. The van der Waals surface area contributed by atoms with Gasteiger partial charge in [0, 0.05) is 6.54 Å². The van der Waals surface area contributed by atoms with Gasteiger partial charge < -0.3 is 5.11 Å². The van der Waals surface area contributed by atoms with Crippen molar-refractivity contribution in [3.8, 4) is 0 Å². The Balaban J connectivity index is 2.83. The van der Waals surface area contributed by atoms with Gasteiger partial charge in [-0.3, -0.25) is 4.79 Å². The topological polar surface area (TPSA) is 102 Å². The quantitative estimate of drug-likeness (QED) is 0.777. The molecular weight excluding hydrogens is 246 g/mol. The van der Waals surface area contributed by atoms with E-state index in [1.165, 1.54) is 17.9 Å². The van der Waals surface area contributed by atoms with Gasteiger partial charge in [-0.1, -0.05) is 0 Å². The molecule has 0 aliphatic rings. The van der Waals surface area contributed by atoms with Gasteiger partial charge in [0.25, 0.3) is 0 Å². The Hall–Kier alpha value is -1.44. The van der Waals surface area contributed by atoms with Crippen LogP contribution in [0.5, 0.6) is 0 Å². The largest absolute Gasteiger partial charge is 0.481 e. The SMILES string of the molecule is CCn1ncnc1CS(=O)(=O)C(C)CC(=O)O. The van der Waals surface area contributed by atoms with Gasteiger partial charge >= 0.3 is 5.97 Å². The summed E-state index contributed by atoms with van der Waals surface area (Å²) < 4.78 is 25.2. The fourth-order valence-electron chi connectivity index (χ4n) is 1.36. The van der Waals surface area contributed by atoms with Crippen LogP contribution >= 0.6 is 0 Å². The van der Waals surface area contributed by atoms with Crippen LogP contribution in [-0.2, 0) is 26.9 Å². The number of carbonyl (C=O) groups is 1. The molecule has 0 spiro atoms.